The van der Waals surface area contributed by atoms with Gasteiger partial charge < -0.3 is 10.4 Å². The average molecular weight is 412 g/mol. The minimum Gasteiger partial charge on any atom is -0.390 e. The Bertz CT molecular complexity index is 968. The van der Waals surface area contributed by atoms with Gasteiger partial charge in [-0.1, -0.05) is 29.8 Å². The first kappa shape index (κ1) is 18.9. The Morgan fingerprint density at radius 1 is 1.24 bits per heavy atom. The highest BCUT2D eigenvalue weighted by Crippen LogP contribution is 2.57. The number of hydrogen-bond donors (Lipinski definition) is 2. The maximum Gasteiger partial charge on any atom is 0.244 e. The molecule has 4 saturated carbocycles. The van der Waals surface area contributed by atoms with Gasteiger partial charge in [-0.25, -0.2) is 4.68 Å². The minimum absolute atomic E-state index is 0.126. The summed E-state index contributed by atoms with van der Waals surface area (Å²) < 4.78 is 1.68. The number of amides is 1. The molecule has 6 heteroatoms. The van der Waals surface area contributed by atoms with Crippen LogP contribution in [0.25, 0.3) is 11.8 Å². The van der Waals surface area contributed by atoms with Gasteiger partial charge in [-0.05, 0) is 75.5 Å². The second-order valence-corrected chi connectivity index (χ2v) is 9.68. The van der Waals surface area contributed by atoms with Crippen LogP contribution in [0, 0.1) is 18.8 Å². The molecule has 2 N–H and O–H groups in total. The number of aromatic nitrogens is 2. The number of carbonyl (C=O) groups excluding carboxylic acids is 1. The third-order valence-corrected chi connectivity index (χ3v) is 7.23. The van der Waals surface area contributed by atoms with Gasteiger partial charge in [-0.15, -0.1) is 0 Å². The Kier molecular flexibility index (Phi) is 4.37. The molecule has 0 aliphatic heterocycles. The van der Waals surface area contributed by atoms with Crippen LogP contribution >= 0.6 is 11.6 Å². The van der Waals surface area contributed by atoms with Crippen molar-refractivity contribution >= 4 is 23.6 Å². The van der Waals surface area contributed by atoms with Gasteiger partial charge in [0.2, 0.25) is 5.91 Å². The molecule has 1 heterocycles. The molecule has 4 bridgehead atoms. The van der Waals surface area contributed by atoms with Crippen LogP contribution in [0.4, 0.5) is 0 Å². The van der Waals surface area contributed by atoms with Crippen LogP contribution in [-0.4, -0.2) is 31.9 Å². The highest BCUT2D eigenvalue weighted by molar-refractivity contribution is 6.31. The van der Waals surface area contributed by atoms with E-state index < -0.39 is 5.60 Å². The fourth-order valence-electron chi connectivity index (χ4n) is 6.26. The highest BCUT2D eigenvalue weighted by atomic mass is 35.5. The summed E-state index contributed by atoms with van der Waals surface area (Å²) in [6.07, 6.45) is 8.92. The van der Waals surface area contributed by atoms with Crippen molar-refractivity contribution in [1.82, 2.24) is 15.1 Å². The van der Waals surface area contributed by atoms with Crippen molar-refractivity contribution < 1.29 is 9.90 Å². The molecule has 5 nitrogen and oxygen atoms in total. The first-order chi connectivity index (χ1) is 13.8. The summed E-state index contributed by atoms with van der Waals surface area (Å²) in [5.41, 5.74) is 1.55. The summed E-state index contributed by atoms with van der Waals surface area (Å²) in [4.78, 5) is 12.8. The maximum absolute atomic E-state index is 12.8. The van der Waals surface area contributed by atoms with Gasteiger partial charge in [0.25, 0.3) is 0 Å². The van der Waals surface area contributed by atoms with Gasteiger partial charge in [0.05, 0.1) is 17.0 Å². The molecule has 0 spiro atoms. The Hall–Kier alpha value is -2.11. The van der Waals surface area contributed by atoms with E-state index in [-0.39, 0.29) is 11.4 Å². The lowest BCUT2D eigenvalue weighted by Gasteiger charge is -2.60. The van der Waals surface area contributed by atoms with Gasteiger partial charge in [-0.3, -0.25) is 4.79 Å². The zero-order chi connectivity index (χ0) is 20.2. The predicted molar refractivity (Wildman–Crippen MR) is 113 cm³/mol. The van der Waals surface area contributed by atoms with E-state index in [4.69, 9.17) is 11.6 Å². The lowest BCUT2D eigenvalue weighted by molar-refractivity contribution is -0.148. The number of benzene rings is 1. The molecule has 0 saturated heterocycles. The monoisotopic (exact) mass is 411 g/mol. The third-order valence-electron chi connectivity index (χ3n) is 6.87. The van der Waals surface area contributed by atoms with Crippen LogP contribution in [0.5, 0.6) is 0 Å². The normalized spacial score (nSPS) is 32.8. The number of aliphatic hydroxyl groups is 1. The Balaban J connectivity index is 1.34. The molecule has 29 heavy (non-hydrogen) atoms. The number of nitrogens with zero attached hydrogens (tertiary/aromatic N) is 2. The molecule has 152 valence electrons. The van der Waals surface area contributed by atoms with Crippen LogP contribution < -0.4 is 5.32 Å². The van der Waals surface area contributed by atoms with Crippen molar-refractivity contribution in [3.63, 3.8) is 0 Å². The summed E-state index contributed by atoms with van der Waals surface area (Å²) >= 11 is 6.55. The number of nitrogens with one attached hydrogen (secondary N) is 1. The van der Waals surface area contributed by atoms with Gasteiger partial charge in [0, 0.05) is 17.2 Å². The van der Waals surface area contributed by atoms with Crippen LogP contribution in [0.2, 0.25) is 5.15 Å². The van der Waals surface area contributed by atoms with Crippen LogP contribution in [0.1, 0.15) is 49.8 Å². The molecule has 2 aromatic rings. The quantitative estimate of drug-likeness (QED) is 0.746. The number of carbonyl (C=O) groups is 1. The van der Waals surface area contributed by atoms with E-state index in [0.29, 0.717) is 23.4 Å². The molecule has 2 atom stereocenters. The van der Waals surface area contributed by atoms with Gasteiger partial charge in [0.1, 0.15) is 5.15 Å². The van der Waals surface area contributed by atoms with Crippen molar-refractivity contribution in [2.24, 2.45) is 11.8 Å². The van der Waals surface area contributed by atoms with Crippen molar-refractivity contribution in [3.8, 4) is 5.69 Å². The second-order valence-electron chi connectivity index (χ2n) is 9.33. The highest BCUT2D eigenvalue weighted by Gasteiger charge is 2.57. The molecule has 4 aliphatic rings. The second kappa shape index (κ2) is 6.71. The van der Waals surface area contributed by atoms with Gasteiger partial charge >= 0.3 is 0 Å². The maximum atomic E-state index is 12.8. The SMILES string of the molecule is Cc1nn(-c2ccccc2)c(Cl)c1/C=C/C(=O)NC12CC3CC(CC(O)(C3)C1)C2. The van der Waals surface area contributed by atoms with E-state index >= 15 is 0 Å². The molecule has 1 amide bonds. The van der Waals surface area contributed by atoms with E-state index in [0.717, 1.165) is 42.6 Å². The molecule has 4 aliphatic carbocycles. The van der Waals surface area contributed by atoms with Crippen molar-refractivity contribution in [2.45, 2.75) is 56.6 Å². The number of hydrogen-bond acceptors (Lipinski definition) is 3. The third kappa shape index (κ3) is 3.40. The number of halogens is 1. The van der Waals surface area contributed by atoms with Gasteiger partial charge in [-0.2, -0.15) is 5.10 Å². The van der Waals surface area contributed by atoms with Crippen LogP contribution in [0.15, 0.2) is 36.4 Å². The molecular formula is C23H26ClN3O2. The standard InChI is InChI=1S/C23H26ClN3O2/c1-15-19(21(24)27(26-15)18-5-3-2-4-6-18)7-8-20(28)25-22-10-16-9-17(11-22)13-23(29,12-16)14-22/h2-8,16-17,29H,9-14H2,1H3,(H,25,28)/b8-7+. The molecule has 1 aromatic heterocycles. The topological polar surface area (TPSA) is 67.2 Å². The van der Waals surface area contributed by atoms with Gasteiger partial charge in [0.15, 0.2) is 0 Å². The van der Waals surface area contributed by atoms with Crippen molar-refractivity contribution in [3.05, 3.63) is 52.8 Å². The fourth-order valence-corrected chi connectivity index (χ4v) is 6.60. The zero-order valence-corrected chi connectivity index (χ0v) is 17.3. The summed E-state index contributed by atoms with van der Waals surface area (Å²) in [7, 11) is 0. The van der Waals surface area contributed by atoms with Crippen LogP contribution in [0.3, 0.4) is 0 Å². The number of aryl methyl sites for hydroxylation is 1. The lowest BCUT2D eigenvalue weighted by atomic mass is 9.51. The van der Waals surface area contributed by atoms with Crippen molar-refractivity contribution in [2.75, 3.05) is 0 Å². The summed E-state index contributed by atoms with van der Waals surface area (Å²) in [5, 5.41) is 19.1. The summed E-state index contributed by atoms with van der Waals surface area (Å²) in [6.45, 7) is 1.89. The Morgan fingerprint density at radius 3 is 2.59 bits per heavy atom. The first-order valence-corrected chi connectivity index (χ1v) is 10.8. The average Bonchev–Trinajstić information content (AvgIpc) is 2.92. The van der Waals surface area contributed by atoms with E-state index in [2.05, 4.69) is 10.4 Å². The van der Waals surface area contributed by atoms with Crippen LogP contribution in [-0.2, 0) is 4.79 Å². The fraction of sp³-hybridized carbons (Fsp3) is 0.478. The molecule has 6 rings (SSSR count). The molecule has 1 aromatic carbocycles. The zero-order valence-electron chi connectivity index (χ0n) is 16.6. The van der Waals surface area contributed by atoms with E-state index in [1.807, 2.05) is 37.3 Å². The van der Waals surface area contributed by atoms with E-state index in [1.54, 1.807) is 16.8 Å². The van der Waals surface area contributed by atoms with E-state index in [1.165, 1.54) is 6.42 Å². The molecule has 0 radical (unpaired) electrons. The summed E-state index contributed by atoms with van der Waals surface area (Å²) in [6, 6.07) is 9.70. The Labute approximate surface area is 175 Å². The first-order valence-electron chi connectivity index (χ1n) is 10.4. The minimum atomic E-state index is -0.586. The molecule has 2 unspecified atom stereocenters. The summed E-state index contributed by atoms with van der Waals surface area (Å²) in [5.74, 6) is 0.941. The lowest BCUT2D eigenvalue weighted by Crippen LogP contribution is -2.65. The smallest absolute Gasteiger partial charge is 0.244 e. The Morgan fingerprint density at radius 2 is 1.93 bits per heavy atom. The molecular weight excluding hydrogens is 386 g/mol. The largest absolute Gasteiger partial charge is 0.390 e. The number of para-hydroxylation sites is 1. The number of rotatable bonds is 4. The predicted octanol–water partition coefficient (Wildman–Crippen LogP) is 4.05. The molecule has 4 fully saturated rings. The van der Waals surface area contributed by atoms with Crippen molar-refractivity contribution in [1.29, 1.82) is 0 Å². The van der Waals surface area contributed by atoms with E-state index in [9.17, 15) is 9.90 Å².